The van der Waals surface area contributed by atoms with Crippen LogP contribution in [-0.4, -0.2) is 19.0 Å². The Morgan fingerprint density at radius 1 is 1.29 bits per heavy atom. The lowest BCUT2D eigenvalue weighted by Crippen LogP contribution is -2.31. The lowest BCUT2D eigenvalue weighted by atomic mass is 10.1. The van der Waals surface area contributed by atoms with Gasteiger partial charge in [-0.3, -0.25) is 0 Å². The first-order valence-electron chi connectivity index (χ1n) is 5.78. The average molecular weight is 198 g/mol. The maximum absolute atomic E-state index is 5.80. The van der Waals surface area contributed by atoms with Gasteiger partial charge < -0.3 is 9.47 Å². The molecular formula is C12H22O2. The van der Waals surface area contributed by atoms with E-state index in [1.165, 1.54) is 0 Å². The molecular weight excluding hydrogens is 176 g/mol. The first kappa shape index (κ1) is 11.7. The zero-order valence-electron chi connectivity index (χ0n) is 9.37. The Labute approximate surface area is 87.3 Å². The number of allylic oxidation sites excluding steroid dienone is 1. The second-order valence-corrected chi connectivity index (χ2v) is 3.75. The molecule has 1 aliphatic heterocycles. The van der Waals surface area contributed by atoms with Crippen LogP contribution in [0.1, 0.15) is 46.0 Å². The van der Waals surface area contributed by atoms with Crippen molar-refractivity contribution in [3.05, 3.63) is 12.2 Å². The van der Waals surface area contributed by atoms with Gasteiger partial charge in [0.1, 0.15) is 0 Å². The molecule has 1 aliphatic rings. The minimum atomic E-state index is 0.0498. The van der Waals surface area contributed by atoms with Gasteiger partial charge in [-0.15, -0.1) is 0 Å². The van der Waals surface area contributed by atoms with Gasteiger partial charge in [-0.2, -0.15) is 0 Å². The van der Waals surface area contributed by atoms with E-state index in [2.05, 4.69) is 26.0 Å². The van der Waals surface area contributed by atoms with Crippen LogP contribution in [0.2, 0.25) is 0 Å². The smallest absolute Gasteiger partial charge is 0.157 e. The Balaban J connectivity index is 2.21. The van der Waals surface area contributed by atoms with Crippen LogP contribution >= 0.6 is 0 Å². The van der Waals surface area contributed by atoms with Crippen LogP contribution in [0.3, 0.4) is 0 Å². The zero-order chi connectivity index (χ0) is 10.2. The summed E-state index contributed by atoms with van der Waals surface area (Å²) in [4.78, 5) is 0. The first-order valence-corrected chi connectivity index (χ1v) is 5.78. The van der Waals surface area contributed by atoms with Gasteiger partial charge in [0.15, 0.2) is 6.29 Å². The van der Waals surface area contributed by atoms with Crippen molar-refractivity contribution < 1.29 is 9.47 Å². The predicted octanol–water partition coefficient (Wildman–Crippen LogP) is 3.27. The van der Waals surface area contributed by atoms with Crippen molar-refractivity contribution in [3.63, 3.8) is 0 Å². The molecule has 1 heterocycles. The molecule has 0 spiro atoms. The van der Waals surface area contributed by atoms with Crippen LogP contribution in [0, 0.1) is 0 Å². The molecule has 0 aromatic carbocycles. The topological polar surface area (TPSA) is 18.5 Å². The van der Waals surface area contributed by atoms with Gasteiger partial charge in [0.25, 0.3) is 0 Å². The molecule has 0 aromatic rings. The second kappa shape index (κ2) is 7.02. The van der Waals surface area contributed by atoms with Gasteiger partial charge in [-0.25, -0.2) is 0 Å². The molecule has 0 unspecified atom stereocenters. The molecule has 1 rings (SSSR count). The van der Waals surface area contributed by atoms with E-state index in [-0.39, 0.29) is 6.29 Å². The standard InChI is InChI=1S/C12H22O2/c1-3-5-6-8-11-9-10-13-12(14-11)7-4-2/h5-6,11-12H,3-4,7-10H2,1-2H3/b6-5+/t11-,12+/m1/s1. The second-order valence-electron chi connectivity index (χ2n) is 3.75. The van der Waals surface area contributed by atoms with E-state index in [0.717, 1.165) is 38.7 Å². The predicted molar refractivity (Wildman–Crippen MR) is 58.2 cm³/mol. The highest BCUT2D eigenvalue weighted by Crippen LogP contribution is 2.18. The summed E-state index contributed by atoms with van der Waals surface area (Å²) in [5.74, 6) is 0. The fourth-order valence-electron chi connectivity index (χ4n) is 1.63. The summed E-state index contributed by atoms with van der Waals surface area (Å²) in [6, 6.07) is 0. The average Bonchev–Trinajstić information content (AvgIpc) is 2.19. The van der Waals surface area contributed by atoms with Crippen molar-refractivity contribution >= 4 is 0 Å². The Kier molecular flexibility index (Phi) is 5.88. The van der Waals surface area contributed by atoms with Crippen molar-refractivity contribution in [3.8, 4) is 0 Å². The minimum Gasteiger partial charge on any atom is -0.353 e. The Hall–Kier alpha value is -0.340. The van der Waals surface area contributed by atoms with E-state index < -0.39 is 0 Å². The first-order chi connectivity index (χ1) is 6.86. The summed E-state index contributed by atoms with van der Waals surface area (Å²) in [5, 5.41) is 0. The van der Waals surface area contributed by atoms with Crippen LogP contribution in [0.25, 0.3) is 0 Å². The maximum Gasteiger partial charge on any atom is 0.157 e. The fraction of sp³-hybridized carbons (Fsp3) is 0.833. The van der Waals surface area contributed by atoms with E-state index in [0.29, 0.717) is 6.10 Å². The van der Waals surface area contributed by atoms with Gasteiger partial charge >= 0.3 is 0 Å². The number of hydrogen-bond acceptors (Lipinski definition) is 2. The molecule has 2 nitrogen and oxygen atoms in total. The molecule has 2 heteroatoms. The summed E-state index contributed by atoms with van der Waals surface area (Å²) >= 11 is 0. The maximum atomic E-state index is 5.80. The molecule has 2 atom stereocenters. The Morgan fingerprint density at radius 3 is 2.86 bits per heavy atom. The van der Waals surface area contributed by atoms with Crippen molar-refractivity contribution in [1.82, 2.24) is 0 Å². The third-order valence-corrected chi connectivity index (χ3v) is 2.41. The van der Waals surface area contributed by atoms with Gasteiger partial charge in [-0.05, 0) is 25.7 Å². The van der Waals surface area contributed by atoms with E-state index >= 15 is 0 Å². The number of ether oxygens (including phenoxy) is 2. The van der Waals surface area contributed by atoms with E-state index in [4.69, 9.17) is 9.47 Å². The highest BCUT2D eigenvalue weighted by atomic mass is 16.7. The molecule has 0 radical (unpaired) electrons. The SMILES string of the molecule is CC/C=C/C[C@@H]1CCO[C@H](CCC)O1. The largest absolute Gasteiger partial charge is 0.353 e. The van der Waals surface area contributed by atoms with Crippen LogP contribution in [-0.2, 0) is 9.47 Å². The molecule has 82 valence electrons. The molecule has 0 aliphatic carbocycles. The third-order valence-electron chi connectivity index (χ3n) is 2.41. The molecule has 1 saturated heterocycles. The Bertz CT molecular complexity index is 164. The van der Waals surface area contributed by atoms with E-state index in [9.17, 15) is 0 Å². The van der Waals surface area contributed by atoms with Crippen molar-refractivity contribution in [2.75, 3.05) is 6.61 Å². The molecule has 0 amide bonds. The number of hydrogen-bond donors (Lipinski definition) is 0. The molecule has 0 saturated carbocycles. The monoisotopic (exact) mass is 198 g/mol. The van der Waals surface area contributed by atoms with Crippen molar-refractivity contribution in [2.45, 2.75) is 58.3 Å². The molecule has 0 N–H and O–H groups in total. The molecule has 0 bridgehead atoms. The highest BCUT2D eigenvalue weighted by molar-refractivity contribution is 4.84. The molecule has 14 heavy (non-hydrogen) atoms. The Morgan fingerprint density at radius 2 is 2.14 bits per heavy atom. The van der Waals surface area contributed by atoms with E-state index in [1.54, 1.807) is 0 Å². The molecule has 1 fully saturated rings. The number of rotatable bonds is 5. The zero-order valence-corrected chi connectivity index (χ0v) is 9.37. The summed E-state index contributed by atoms with van der Waals surface area (Å²) in [6.07, 6.45) is 10.2. The van der Waals surface area contributed by atoms with Crippen LogP contribution in [0.15, 0.2) is 12.2 Å². The molecule has 0 aromatic heterocycles. The summed E-state index contributed by atoms with van der Waals surface area (Å²) in [5.41, 5.74) is 0. The van der Waals surface area contributed by atoms with Crippen LogP contribution in [0.5, 0.6) is 0 Å². The van der Waals surface area contributed by atoms with Crippen LogP contribution in [0.4, 0.5) is 0 Å². The summed E-state index contributed by atoms with van der Waals surface area (Å²) < 4.78 is 11.3. The van der Waals surface area contributed by atoms with Gasteiger partial charge in [-0.1, -0.05) is 32.4 Å². The van der Waals surface area contributed by atoms with E-state index in [1.807, 2.05) is 0 Å². The quantitative estimate of drug-likeness (QED) is 0.631. The summed E-state index contributed by atoms with van der Waals surface area (Å²) in [7, 11) is 0. The van der Waals surface area contributed by atoms with Gasteiger partial charge in [0, 0.05) is 0 Å². The highest BCUT2D eigenvalue weighted by Gasteiger charge is 2.20. The lowest BCUT2D eigenvalue weighted by molar-refractivity contribution is -0.213. The lowest BCUT2D eigenvalue weighted by Gasteiger charge is -2.29. The fourth-order valence-corrected chi connectivity index (χ4v) is 1.63. The van der Waals surface area contributed by atoms with Gasteiger partial charge in [0.05, 0.1) is 12.7 Å². The normalized spacial score (nSPS) is 28.4. The van der Waals surface area contributed by atoms with Crippen LogP contribution < -0.4 is 0 Å². The van der Waals surface area contributed by atoms with Crippen molar-refractivity contribution in [1.29, 1.82) is 0 Å². The van der Waals surface area contributed by atoms with Crippen molar-refractivity contribution in [2.24, 2.45) is 0 Å². The third kappa shape index (κ3) is 4.25. The van der Waals surface area contributed by atoms with Gasteiger partial charge in [0.2, 0.25) is 0 Å². The minimum absolute atomic E-state index is 0.0498. The summed E-state index contributed by atoms with van der Waals surface area (Å²) in [6.45, 7) is 5.17.